The standard InChI is InChI=1S/C27H23N3O6/c1-34-24(31)22-14-13-21(30(22)27-28-15-8-16-29-27)23(25(32)35-17-19-9-4-2-5-10-19)26(33)36-18-20-11-6-3-7-12-20/h2-16,23H,17-18H2,1H3. The van der Waals surface area contributed by atoms with Gasteiger partial charge in [-0.1, -0.05) is 60.7 Å². The van der Waals surface area contributed by atoms with E-state index in [-0.39, 0.29) is 30.5 Å². The number of nitrogens with zero attached hydrogens (tertiary/aromatic N) is 3. The molecule has 2 heterocycles. The largest absolute Gasteiger partial charge is 0.464 e. The number of ether oxygens (including phenoxy) is 3. The maximum atomic E-state index is 13.3. The van der Waals surface area contributed by atoms with Crippen molar-refractivity contribution in [2.45, 2.75) is 19.1 Å². The van der Waals surface area contributed by atoms with Crippen molar-refractivity contribution in [1.29, 1.82) is 0 Å². The van der Waals surface area contributed by atoms with Gasteiger partial charge in [-0.25, -0.2) is 14.8 Å². The molecule has 9 nitrogen and oxygen atoms in total. The second kappa shape index (κ2) is 11.6. The lowest BCUT2D eigenvalue weighted by Gasteiger charge is -2.18. The van der Waals surface area contributed by atoms with Crippen LogP contribution < -0.4 is 0 Å². The lowest BCUT2D eigenvalue weighted by molar-refractivity contribution is -0.159. The molecular weight excluding hydrogens is 462 g/mol. The molecule has 0 radical (unpaired) electrons. The van der Waals surface area contributed by atoms with Gasteiger partial charge in [-0.3, -0.25) is 14.2 Å². The van der Waals surface area contributed by atoms with Crippen molar-refractivity contribution in [3.63, 3.8) is 0 Å². The summed E-state index contributed by atoms with van der Waals surface area (Å²) >= 11 is 0. The molecule has 0 N–H and O–H groups in total. The predicted octanol–water partition coefficient (Wildman–Crippen LogP) is 3.62. The van der Waals surface area contributed by atoms with Crippen LogP contribution in [-0.4, -0.2) is 39.6 Å². The summed E-state index contributed by atoms with van der Waals surface area (Å²) in [4.78, 5) is 47.5. The Morgan fingerprint density at radius 3 is 1.78 bits per heavy atom. The number of hydrogen-bond acceptors (Lipinski definition) is 8. The van der Waals surface area contributed by atoms with E-state index in [9.17, 15) is 14.4 Å². The minimum Gasteiger partial charge on any atom is -0.464 e. The van der Waals surface area contributed by atoms with Crippen LogP contribution in [0.5, 0.6) is 0 Å². The molecule has 0 aliphatic carbocycles. The van der Waals surface area contributed by atoms with Crippen LogP contribution in [-0.2, 0) is 37.0 Å². The fraction of sp³-hybridized carbons (Fsp3) is 0.148. The highest BCUT2D eigenvalue weighted by Crippen LogP contribution is 2.26. The van der Waals surface area contributed by atoms with Crippen LogP contribution >= 0.6 is 0 Å². The van der Waals surface area contributed by atoms with Gasteiger partial charge >= 0.3 is 17.9 Å². The zero-order valence-corrected chi connectivity index (χ0v) is 19.4. The van der Waals surface area contributed by atoms with Crippen molar-refractivity contribution in [1.82, 2.24) is 14.5 Å². The fourth-order valence-electron chi connectivity index (χ4n) is 3.53. The zero-order chi connectivity index (χ0) is 25.3. The molecule has 0 bridgehead atoms. The number of aromatic nitrogens is 3. The number of carbonyl (C=O) groups excluding carboxylic acids is 3. The zero-order valence-electron chi connectivity index (χ0n) is 19.4. The Balaban J connectivity index is 1.70. The van der Waals surface area contributed by atoms with Gasteiger partial charge in [-0.15, -0.1) is 0 Å². The van der Waals surface area contributed by atoms with E-state index < -0.39 is 23.8 Å². The summed E-state index contributed by atoms with van der Waals surface area (Å²) in [6.07, 6.45) is 2.95. The summed E-state index contributed by atoms with van der Waals surface area (Å²) in [6, 6.07) is 22.6. The van der Waals surface area contributed by atoms with E-state index >= 15 is 0 Å². The van der Waals surface area contributed by atoms with Gasteiger partial charge in [0.2, 0.25) is 5.95 Å². The third-order valence-corrected chi connectivity index (χ3v) is 5.27. The minimum atomic E-state index is -1.51. The van der Waals surface area contributed by atoms with Crippen LogP contribution in [0.25, 0.3) is 5.95 Å². The van der Waals surface area contributed by atoms with Gasteiger partial charge in [-0.05, 0) is 29.3 Å². The molecule has 2 aromatic heterocycles. The molecule has 0 unspecified atom stereocenters. The van der Waals surface area contributed by atoms with Gasteiger partial charge in [0.25, 0.3) is 0 Å². The van der Waals surface area contributed by atoms with Crippen molar-refractivity contribution >= 4 is 17.9 Å². The van der Waals surface area contributed by atoms with Crippen LogP contribution in [0.2, 0.25) is 0 Å². The molecule has 9 heteroatoms. The van der Waals surface area contributed by atoms with E-state index in [0.717, 1.165) is 11.1 Å². The van der Waals surface area contributed by atoms with Crippen LogP contribution in [0.4, 0.5) is 0 Å². The number of benzene rings is 2. The lowest BCUT2D eigenvalue weighted by atomic mass is 10.1. The molecule has 36 heavy (non-hydrogen) atoms. The Morgan fingerprint density at radius 1 is 0.750 bits per heavy atom. The van der Waals surface area contributed by atoms with Gasteiger partial charge in [0.05, 0.1) is 12.8 Å². The molecule has 0 fully saturated rings. The Hall–Kier alpha value is -4.79. The van der Waals surface area contributed by atoms with E-state index in [2.05, 4.69) is 9.97 Å². The van der Waals surface area contributed by atoms with Crippen LogP contribution in [0.3, 0.4) is 0 Å². The molecule has 0 aliphatic heterocycles. The van der Waals surface area contributed by atoms with Gasteiger partial charge in [-0.2, -0.15) is 0 Å². The average Bonchev–Trinajstić information content (AvgIpc) is 3.36. The first-order valence-corrected chi connectivity index (χ1v) is 11.1. The normalized spacial score (nSPS) is 10.6. The molecule has 2 aromatic carbocycles. The topological polar surface area (TPSA) is 110 Å². The van der Waals surface area contributed by atoms with E-state index in [1.807, 2.05) is 36.4 Å². The summed E-state index contributed by atoms with van der Waals surface area (Å²) in [5.74, 6) is -3.82. The highest BCUT2D eigenvalue weighted by atomic mass is 16.6. The summed E-state index contributed by atoms with van der Waals surface area (Å²) in [7, 11) is 1.23. The highest BCUT2D eigenvalue weighted by Gasteiger charge is 2.37. The molecule has 0 spiro atoms. The molecule has 4 rings (SSSR count). The number of methoxy groups -OCH3 is 1. The van der Waals surface area contributed by atoms with Gasteiger partial charge in [0, 0.05) is 12.4 Å². The van der Waals surface area contributed by atoms with E-state index in [4.69, 9.17) is 14.2 Å². The Bertz CT molecular complexity index is 1270. The predicted molar refractivity (Wildman–Crippen MR) is 128 cm³/mol. The Labute approximate surface area is 207 Å². The monoisotopic (exact) mass is 485 g/mol. The molecule has 0 saturated heterocycles. The first kappa shape index (κ1) is 24.3. The minimum absolute atomic E-state index is 0.0374. The first-order chi connectivity index (χ1) is 17.6. The quantitative estimate of drug-likeness (QED) is 0.201. The van der Waals surface area contributed by atoms with Crippen molar-refractivity contribution in [2.24, 2.45) is 0 Å². The smallest absolute Gasteiger partial charge is 0.355 e. The third kappa shape index (κ3) is 5.64. The summed E-state index contributed by atoms with van der Waals surface area (Å²) in [5, 5.41) is 0. The molecule has 0 atom stereocenters. The number of esters is 3. The SMILES string of the molecule is COC(=O)c1ccc(C(C(=O)OCc2ccccc2)C(=O)OCc2ccccc2)n1-c1ncccn1. The maximum absolute atomic E-state index is 13.3. The van der Waals surface area contributed by atoms with Crippen molar-refractivity contribution < 1.29 is 28.6 Å². The Morgan fingerprint density at radius 2 is 1.28 bits per heavy atom. The van der Waals surface area contributed by atoms with E-state index in [1.165, 1.54) is 36.2 Å². The summed E-state index contributed by atoms with van der Waals surface area (Å²) in [6.45, 7) is -0.0942. The molecule has 0 aliphatic rings. The third-order valence-electron chi connectivity index (χ3n) is 5.27. The van der Waals surface area contributed by atoms with E-state index in [1.54, 1.807) is 30.3 Å². The fourth-order valence-corrected chi connectivity index (χ4v) is 3.53. The second-order valence-corrected chi connectivity index (χ2v) is 7.64. The maximum Gasteiger partial charge on any atom is 0.355 e. The Kier molecular flexibility index (Phi) is 7.82. The lowest BCUT2D eigenvalue weighted by Crippen LogP contribution is -2.29. The molecule has 182 valence electrons. The number of carbonyl (C=O) groups is 3. The summed E-state index contributed by atoms with van der Waals surface area (Å²) in [5.41, 5.74) is 1.65. The van der Waals surface area contributed by atoms with Gasteiger partial charge in [0.1, 0.15) is 18.9 Å². The molecular formula is C27H23N3O6. The second-order valence-electron chi connectivity index (χ2n) is 7.64. The van der Waals surface area contributed by atoms with Crippen LogP contribution in [0, 0.1) is 0 Å². The number of rotatable bonds is 9. The summed E-state index contributed by atoms with van der Waals surface area (Å²) < 4.78 is 17.2. The molecule has 4 aromatic rings. The first-order valence-electron chi connectivity index (χ1n) is 11.1. The van der Waals surface area contributed by atoms with Gasteiger partial charge < -0.3 is 14.2 Å². The van der Waals surface area contributed by atoms with Crippen molar-refractivity contribution in [3.8, 4) is 5.95 Å². The van der Waals surface area contributed by atoms with Crippen molar-refractivity contribution in [2.75, 3.05) is 7.11 Å². The van der Waals surface area contributed by atoms with Gasteiger partial charge in [0.15, 0.2) is 5.92 Å². The van der Waals surface area contributed by atoms with E-state index in [0.29, 0.717) is 0 Å². The molecule has 0 amide bonds. The molecule has 0 saturated carbocycles. The van der Waals surface area contributed by atoms with Crippen LogP contribution in [0.1, 0.15) is 33.2 Å². The number of hydrogen-bond donors (Lipinski definition) is 0. The van der Waals surface area contributed by atoms with Crippen molar-refractivity contribution in [3.05, 3.63) is 114 Å². The van der Waals surface area contributed by atoms with Crippen LogP contribution in [0.15, 0.2) is 91.3 Å². The highest BCUT2D eigenvalue weighted by molar-refractivity contribution is 6.01. The average molecular weight is 485 g/mol.